The second-order valence-corrected chi connectivity index (χ2v) is 4.60. The molecule has 5 nitrogen and oxygen atoms in total. The van der Waals surface area contributed by atoms with Crippen LogP contribution in [0, 0.1) is 16.0 Å². The summed E-state index contributed by atoms with van der Waals surface area (Å²) in [5, 5.41) is 13.9. The van der Waals surface area contributed by atoms with Crippen LogP contribution in [-0.2, 0) is 0 Å². The molecule has 0 radical (unpaired) electrons. The van der Waals surface area contributed by atoms with Crippen LogP contribution in [0.15, 0.2) is 24.3 Å². The Morgan fingerprint density at radius 3 is 2.78 bits per heavy atom. The number of rotatable bonds is 5. The average Bonchev–Trinajstić information content (AvgIpc) is 2.40. The zero-order valence-corrected chi connectivity index (χ0v) is 10.3. The molecule has 18 heavy (non-hydrogen) atoms. The fourth-order valence-corrected chi connectivity index (χ4v) is 2.18. The van der Waals surface area contributed by atoms with E-state index in [9.17, 15) is 10.1 Å². The molecule has 1 aliphatic heterocycles. The van der Waals surface area contributed by atoms with Gasteiger partial charge in [-0.2, -0.15) is 0 Å². The third-order valence-electron chi connectivity index (χ3n) is 3.24. The number of nitro groups is 1. The van der Waals surface area contributed by atoms with Crippen LogP contribution in [0.5, 0.6) is 5.75 Å². The predicted octanol–water partition coefficient (Wildman–Crippen LogP) is 2.36. The minimum atomic E-state index is -0.405. The fraction of sp³-hybridized carbons (Fsp3) is 0.538. The van der Waals surface area contributed by atoms with Gasteiger partial charge in [0.25, 0.3) is 5.69 Å². The zero-order valence-electron chi connectivity index (χ0n) is 10.3. The summed E-state index contributed by atoms with van der Waals surface area (Å²) in [7, 11) is 0. The normalized spacial score (nSPS) is 19.4. The first-order chi connectivity index (χ1) is 8.75. The van der Waals surface area contributed by atoms with Gasteiger partial charge in [0.05, 0.1) is 11.5 Å². The molecule has 1 aromatic carbocycles. The van der Waals surface area contributed by atoms with E-state index in [0.29, 0.717) is 18.3 Å². The summed E-state index contributed by atoms with van der Waals surface area (Å²) in [6.07, 6.45) is 3.53. The second kappa shape index (κ2) is 6.35. The lowest BCUT2D eigenvalue weighted by molar-refractivity contribution is -0.384. The molecule has 1 saturated heterocycles. The monoisotopic (exact) mass is 250 g/mol. The van der Waals surface area contributed by atoms with Crippen LogP contribution in [0.25, 0.3) is 0 Å². The van der Waals surface area contributed by atoms with Gasteiger partial charge >= 0.3 is 0 Å². The lowest BCUT2D eigenvalue weighted by Gasteiger charge is -2.22. The van der Waals surface area contributed by atoms with Gasteiger partial charge in [0.2, 0.25) is 0 Å². The van der Waals surface area contributed by atoms with E-state index in [1.54, 1.807) is 12.1 Å². The number of non-ortho nitro benzene ring substituents is 1. The van der Waals surface area contributed by atoms with Crippen molar-refractivity contribution in [2.75, 3.05) is 19.7 Å². The minimum absolute atomic E-state index is 0.0961. The van der Waals surface area contributed by atoms with Gasteiger partial charge in [-0.05, 0) is 50.4 Å². The molecule has 0 spiro atoms. The van der Waals surface area contributed by atoms with Crippen LogP contribution in [-0.4, -0.2) is 24.6 Å². The first-order valence-corrected chi connectivity index (χ1v) is 6.33. The van der Waals surface area contributed by atoms with Gasteiger partial charge in [-0.1, -0.05) is 0 Å². The van der Waals surface area contributed by atoms with Crippen molar-refractivity contribution < 1.29 is 9.66 Å². The smallest absolute Gasteiger partial charge is 0.269 e. The number of ether oxygens (including phenoxy) is 1. The molecule has 0 aliphatic carbocycles. The van der Waals surface area contributed by atoms with Crippen LogP contribution in [0.2, 0.25) is 0 Å². The Morgan fingerprint density at radius 2 is 2.17 bits per heavy atom. The van der Waals surface area contributed by atoms with Crippen LogP contribution in [0.4, 0.5) is 5.69 Å². The number of nitro benzene ring substituents is 1. The standard InChI is InChI=1S/C13H18N2O3/c16-15(17)12-3-5-13(6-4-12)18-9-7-11-2-1-8-14-10-11/h3-6,11,14H,1-2,7-10H2/t11-/m0/s1. The van der Waals surface area contributed by atoms with E-state index in [0.717, 1.165) is 19.5 Å². The topological polar surface area (TPSA) is 64.4 Å². The predicted molar refractivity (Wildman–Crippen MR) is 68.8 cm³/mol. The maximum atomic E-state index is 10.5. The Balaban J connectivity index is 1.74. The summed E-state index contributed by atoms with van der Waals surface area (Å²) in [6.45, 7) is 2.87. The van der Waals surface area contributed by atoms with Crippen molar-refractivity contribution in [3.8, 4) is 5.75 Å². The lowest BCUT2D eigenvalue weighted by Crippen LogP contribution is -2.30. The van der Waals surface area contributed by atoms with Crippen molar-refractivity contribution in [1.29, 1.82) is 0 Å². The summed E-state index contributed by atoms with van der Waals surface area (Å²) >= 11 is 0. The molecule has 1 atom stereocenters. The first kappa shape index (κ1) is 12.8. The van der Waals surface area contributed by atoms with Gasteiger partial charge in [-0.25, -0.2) is 0 Å². The third-order valence-corrected chi connectivity index (χ3v) is 3.24. The van der Waals surface area contributed by atoms with Crippen molar-refractivity contribution in [3.63, 3.8) is 0 Å². The van der Waals surface area contributed by atoms with E-state index >= 15 is 0 Å². The highest BCUT2D eigenvalue weighted by molar-refractivity contribution is 5.35. The molecule has 1 N–H and O–H groups in total. The van der Waals surface area contributed by atoms with Crippen LogP contribution in [0.1, 0.15) is 19.3 Å². The molecule has 0 unspecified atom stereocenters. The highest BCUT2D eigenvalue weighted by Crippen LogP contribution is 2.19. The molecule has 0 bridgehead atoms. The SMILES string of the molecule is O=[N+]([O-])c1ccc(OCC[C@@H]2CCCNC2)cc1. The Kier molecular flexibility index (Phi) is 4.52. The fourth-order valence-electron chi connectivity index (χ4n) is 2.18. The highest BCUT2D eigenvalue weighted by atomic mass is 16.6. The average molecular weight is 250 g/mol. The van der Waals surface area contributed by atoms with Crippen LogP contribution in [0.3, 0.4) is 0 Å². The largest absolute Gasteiger partial charge is 0.494 e. The molecule has 1 fully saturated rings. The first-order valence-electron chi connectivity index (χ1n) is 6.33. The molecular formula is C13H18N2O3. The quantitative estimate of drug-likeness (QED) is 0.643. The number of piperidine rings is 1. The van der Waals surface area contributed by atoms with Crippen molar-refractivity contribution in [2.24, 2.45) is 5.92 Å². The summed E-state index contributed by atoms with van der Waals surface area (Å²) in [4.78, 5) is 10.1. The van der Waals surface area contributed by atoms with Gasteiger partial charge in [0, 0.05) is 12.1 Å². The molecule has 1 aromatic rings. The van der Waals surface area contributed by atoms with Crippen molar-refractivity contribution >= 4 is 5.69 Å². The molecule has 2 rings (SSSR count). The Labute approximate surface area is 106 Å². The third kappa shape index (κ3) is 3.70. The minimum Gasteiger partial charge on any atom is -0.494 e. The van der Waals surface area contributed by atoms with Crippen molar-refractivity contribution in [3.05, 3.63) is 34.4 Å². The molecule has 98 valence electrons. The number of benzene rings is 1. The van der Waals surface area contributed by atoms with Gasteiger partial charge in [0.15, 0.2) is 0 Å². The maximum absolute atomic E-state index is 10.5. The Morgan fingerprint density at radius 1 is 1.39 bits per heavy atom. The number of nitrogens with one attached hydrogen (secondary N) is 1. The number of hydrogen-bond donors (Lipinski definition) is 1. The number of nitrogens with zero attached hydrogens (tertiary/aromatic N) is 1. The summed E-state index contributed by atoms with van der Waals surface area (Å²) in [5.74, 6) is 1.39. The van der Waals surface area contributed by atoms with Gasteiger partial charge in [0.1, 0.15) is 5.75 Å². The maximum Gasteiger partial charge on any atom is 0.269 e. The van der Waals surface area contributed by atoms with E-state index < -0.39 is 4.92 Å². The van der Waals surface area contributed by atoms with E-state index in [2.05, 4.69) is 5.32 Å². The zero-order chi connectivity index (χ0) is 12.8. The molecule has 5 heteroatoms. The second-order valence-electron chi connectivity index (χ2n) is 4.60. The Bertz CT molecular complexity index is 386. The van der Waals surface area contributed by atoms with Gasteiger partial charge in [-0.15, -0.1) is 0 Å². The number of hydrogen-bond acceptors (Lipinski definition) is 4. The van der Waals surface area contributed by atoms with Crippen molar-refractivity contribution in [2.45, 2.75) is 19.3 Å². The van der Waals surface area contributed by atoms with E-state index in [1.807, 2.05) is 0 Å². The van der Waals surface area contributed by atoms with E-state index in [4.69, 9.17) is 4.74 Å². The van der Waals surface area contributed by atoms with E-state index in [1.165, 1.54) is 25.0 Å². The summed E-state index contributed by atoms with van der Waals surface area (Å²) in [5.41, 5.74) is 0.0961. The molecule has 0 amide bonds. The van der Waals surface area contributed by atoms with Crippen molar-refractivity contribution in [1.82, 2.24) is 5.32 Å². The van der Waals surface area contributed by atoms with Gasteiger partial charge < -0.3 is 10.1 Å². The molecule has 0 aromatic heterocycles. The lowest BCUT2D eigenvalue weighted by atomic mass is 9.97. The molecule has 1 aliphatic rings. The molecule has 1 heterocycles. The van der Waals surface area contributed by atoms with Crippen LogP contribution < -0.4 is 10.1 Å². The summed E-state index contributed by atoms with van der Waals surface area (Å²) < 4.78 is 5.59. The van der Waals surface area contributed by atoms with Gasteiger partial charge in [-0.3, -0.25) is 10.1 Å². The van der Waals surface area contributed by atoms with E-state index in [-0.39, 0.29) is 5.69 Å². The molecular weight excluding hydrogens is 232 g/mol. The molecule has 0 saturated carbocycles. The van der Waals surface area contributed by atoms with Crippen LogP contribution >= 0.6 is 0 Å². The Hall–Kier alpha value is -1.62. The highest BCUT2D eigenvalue weighted by Gasteiger charge is 2.12. The summed E-state index contributed by atoms with van der Waals surface area (Å²) in [6, 6.07) is 6.24.